The van der Waals surface area contributed by atoms with Gasteiger partial charge in [0.2, 0.25) is 5.95 Å². The molecule has 1 saturated heterocycles. The number of aliphatic hydroxyl groups excluding tert-OH is 2. The highest BCUT2D eigenvalue weighted by Crippen LogP contribution is 2.29. The zero-order chi connectivity index (χ0) is 18.4. The Hall–Kier alpha value is -2.96. The number of aromatic amines is 2. The van der Waals surface area contributed by atoms with Crippen molar-refractivity contribution in [3.05, 3.63) is 38.8 Å². The van der Waals surface area contributed by atoms with E-state index in [1.54, 1.807) is 6.07 Å². The van der Waals surface area contributed by atoms with E-state index >= 15 is 0 Å². The molecule has 0 unspecified atom stereocenters. The Kier molecular flexibility index (Phi) is 3.86. The van der Waals surface area contributed by atoms with Gasteiger partial charge in [0, 0.05) is 12.6 Å². The zero-order valence-corrected chi connectivity index (χ0v) is 13.5. The van der Waals surface area contributed by atoms with Gasteiger partial charge >= 0.3 is 5.69 Å². The smallest absolute Gasteiger partial charge is 0.330 e. The molecule has 0 saturated carbocycles. The number of hydrogen-bond donors (Lipinski definition) is 5. The number of fused-ring (bicyclic) bond motifs is 1. The van der Waals surface area contributed by atoms with Crippen molar-refractivity contribution in [3.8, 4) is 0 Å². The molecule has 6 N–H and O–H groups in total. The maximum atomic E-state index is 12.7. The lowest BCUT2D eigenvalue weighted by molar-refractivity contribution is -0.0502. The Morgan fingerprint density at radius 3 is 2.88 bits per heavy atom. The Morgan fingerprint density at radius 1 is 1.42 bits per heavy atom. The van der Waals surface area contributed by atoms with Crippen molar-refractivity contribution in [2.24, 2.45) is 0 Å². The third-order valence-corrected chi connectivity index (χ3v) is 4.37. The van der Waals surface area contributed by atoms with Crippen molar-refractivity contribution < 1.29 is 14.9 Å². The van der Waals surface area contributed by atoms with Gasteiger partial charge in [0.25, 0.3) is 5.56 Å². The van der Waals surface area contributed by atoms with Gasteiger partial charge in [0.1, 0.15) is 6.10 Å². The van der Waals surface area contributed by atoms with Crippen molar-refractivity contribution >= 4 is 17.1 Å². The van der Waals surface area contributed by atoms with E-state index in [2.05, 4.69) is 20.2 Å². The third kappa shape index (κ3) is 2.51. The highest BCUT2D eigenvalue weighted by atomic mass is 16.5. The van der Waals surface area contributed by atoms with E-state index in [1.165, 1.54) is 10.8 Å². The van der Waals surface area contributed by atoms with Crippen LogP contribution in [0.2, 0.25) is 0 Å². The first-order valence-corrected chi connectivity index (χ1v) is 7.92. The van der Waals surface area contributed by atoms with Crippen LogP contribution in [0.4, 0.5) is 5.95 Å². The normalized spacial score (nSPS) is 23.1. The van der Waals surface area contributed by atoms with E-state index < -0.39 is 29.7 Å². The molecule has 1 aliphatic heterocycles. The summed E-state index contributed by atoms with van der Waals surface area (Å²) >= 11 is 0. The number of nitrogens with one attached hydrogen (secondary N) is 2. The van der Waals surface area contributed by atoms with E-state index in [0.29, 0.717) is 5.69 Å². The topological polar surface area (TPSA) is 177 Å². The summed E-state index contributed by atoms with van der Waals surface area (Å²) in [6.07, 6.45) is -1.00. The number of imidazole rings is 1. The molecule has 0 radical (unpaired) electrons. The molecule has 0 bridgehead atoms. The highest BCUT2D eigenvalue weighted by molar-refractivity contribution is 5.71. The van der Waals surface area contributed by atoms with Crippen LogP contribution in [0, 0.1) is 0 Å². The number of nitrogens with two attached hydrogens (primary N) is 1. The lowest BCUT2D eigenvalue weighted by Gasteiger charge is -2.16. The average molecular weight is 363 g/mol. The van der Waals surface area contributed by atoms with Gasteiger partial charge in [-0.3, -0.25) is 19.4 Å². The van der Waals surface area contributed by atoms with E-state index in [9.17, 15) is 19.8 Å². The van der Waals surface area contributed by atoms with Gasteiger partial charge in [-0.05, 0) is 6.07 Å². The fourth-order valence-electron chi connectivity index (χ4n) is 3.12. The van der Waals surface area contributed by atoms with Crippen LogP contribution in [-0.2, 0) is 11.3 Å². The molecule has 4 rings (SSSR count). The number of aliphatic hydroxyl groups is 2. The predicted molar refractivity (Wildman–Crippen MR) is 88.3 cm³/mol. The molecule has 1 aliphatic rings. The van der Waals surface area contributed by atoms with Crippen LogP contribution in [0.1, 0.15) is 18.3 Å². The molecule has 3 atom stereocenters. The lowest BCUT2D eigenvalue weighted by Crippen LogP contribution is -2.29. The first-order chi connectivity index (χ1) is 12.5. The van der Waals surface area contributed by atoms with E-state index in [-0.39, 0.29) is 36.7 Å². The summed E-state index contributed by atoms with van der Waals surface area (Å²) in [6.45, 7) is -0.187. The molecule has 3 aromatic heterocycles. The standard InChI is InChI=1S/C14H17N7O5/c15-13-18-10-9(11(24)20(13)4-6-1-2-16-19-6)17-14(25)21(10)12-8(23)3-7(5-22)26-12/h1-2,7-8,12,22-23H,3-5H2,(H2,15,18)(H,16,19)(H,17,25)/t7-,8+,12+/m0/s1. The van der Waals surface area contributed by atoms with Crippen LogP contribution in [0.15, 0.2) is 21.9 Å². The fraction of sp³-hybridized carbons (Fsp3) is 0.429. The number of rotatable bonds is 4. The predicted octanol–water partition coefficient (Wildman–Crippen LogP) is -2.12. The summed E-state index contributed by atoms with van der Waals surface area (Å²) in [5.41, 5.74) is 5.29. The molecule has 12 heteroatoms. The second kappa shape index (κ2) is 6.09. The maximum Gasteiger partial charge on any atom is 0.330 e. The molecule has 4 heterocycles. The van der Waals surface area contributed by atoms with Gasteiger partial charge in [-0.1, -0.05) is 0 Å². The summed E-state index contributed by atoms with van der Waals surface area (Å²) in [5.74, 6) is -0.101. The Balaban J connectivity index is 1.84. The van der Waals surface area contributed by atoms with Crippen LogP contribution < -0.4 is 17.0 Å². The van der Waals surface area contributed by atoms with Gasteiger partial charge in [0.15, 0.2) is 17.4 Å². The van der Waals surface area contributed by atoms with E-state index in [4.69, 9.17) is 10.5 Å². The third-order valence-electron chi connectivity index (χ3n) is 4.37. The zero-order valence-electron chi connectivity index (χ0n) is 13.5. The van der Waals surface area contributed by atoms with Crippen LogP contribution >= 0.6 is 0 Å². The number of H-pyrrole nitrogens is 2. The summed E-state index contributed by atoms with van der Waals surface area (Å²) in [4.78, 5) is 31.7. The maximum absolute atomic E-state index is 12.7. The average Bonchev–Trinajstić information content (AvgIpc) is 3.31. The van der Waals surface area contributed by atoms with Crippen LogP contribution in [-0.4, -0.2) is 58.3 Å². The molecule has 0 spiro atoms. The van der Waals surface area contributed by atoms with Crippen LogP contribution in [0.5, 0.6) is 0 Å². The summed E-state index contributed by atoms with van der Waals surface area (Å²) in [7, 11) is 0. The van der Waals surface area contributed by atoms with Gasteiger partial charge in [-0.25, -0.2) is 9.36 Å². The summed E-state index contributed by atoms with van der Waals surface area (Å²) in [5, 5.41) is 25.9. The van der Waals surface area contributed by atoms with Crippen molar-refractivity contribution in [2.75, 3.05) is 12.3 Å². The van der Waals surface area contributed by atoms with Crippen molar-refractivity contribution in [1.82, 2.24) is 29.3 Å². The minimum absolute atomic E-state index is 0.0130. The van der Waals surface area contributed by atoms with E-state index in [1.807, 2.05) is 0 Å². The highest BCUT2D eigenvalue weighted by Gasteiger charge is 2.37. The minimum Gasteiger partial charge on any atom is -0.394 e. The van der Waals surface area contributed by atoms with Crippen LogP contribution in [0.3, 0.4) is 0 Å². The van der Waals surface area contributed by atoms with E-state index in [0.717, 1.165) is 4.57 Å². The fourth-order valence-corrected chi connectivity index (χ4v) is 3.12. The minimum atomic E-state index is -1.07. The number of aromatic nitrogens is 6. The monoisotopic (exact) mass is 363 g/mol. The molecular formula is C14H17N7O5. The first-order valence-electron chi connectivity index (χ1n) is 7.92. The van der Waals surface area contributed by atoms with Crippen molar-refractivity contribution in [3.63, 3.8) is 0 Å². The molecule has 0 aliphatic carbocycles. The number of anilines is 1. The number of nitrogens with zero attached hydrogens (tertiary/aromatic N) is 4. The largest absolute Gasteiger partial charge is 0.394 e. The summed E-state index contributed by atoms with van der Waals surface area (Å²) < 4.78 is 7.73. The molecule has 12 nitrogen and oxygen atoms in total. The Bertz CT molecular complexity index is 1050. The first kappa shape index (κ1) is 16.5. The van der Waals surface area contributed by atoms with Crippen molar-refractivity contribution in [2.45, 2.75) is 31.4 Å². The molecule has 0 aromatic carbocycles. The SMILES string of the molecule is Nc1nc2c([nH]c(=O)n2[C@@H]2O[C@H](CO)C[C@H]2O)c(=O)n1Cc1ccn[nH]1. The Morgan fingerprint density at radius 2 is 2.23 bits per heavy atom. The lowest BCUT2D eigenvalue weighted by atomic mass is 10.2. The molecule has 26 heavy (non-hydrogen) atoms. The van der Waals surface area contributed by atoms with Gasteiger partial charge < -0.3 is 20.7 Å². The van der Waals surface area contributed by atoms with Crippen molar-refractivity contribution in [1.29, 1.82) is 0 Å². The molecule has 3 aromatic rings. The second-order valence-electron chi connectivity index (χ2n) is 6.08. The number of ether oxygens (including phenoxy) is 1. The molecule has 0 amide bonds. The van der Waals surface area contributed by atoms with Crippen LogP contribution in [0.25, 0.3) is 11.2 Å². The van der Waals surface area contributed by atoms with Gasteiger partial charge in [-0.15, -0.1) is 0 Å². The van der Waals surface area contributed by atoms with Gasteiger partial charge in [0.05, 0.1) is 24.9 Å². The summed E-state index contributed by atoms with van der Waals surface area (Å²) in [6, 6.07) is 1.68. The van der Waals surface area contributed by atoms with Gasteiger partial charge in [-0.2, -0.15) is 10.1 Å². The molecule has 1 fully saturated rings. The molecule has 138 valence electrons. The molecular weight excluding hydrogens is 346 g/mol. The quantitative estimate of drug-likeness (QED) is 0.349. The second-order valence-corrected chi connectivity index (χ2v) is 6.08. The number of hydrogen-bond acceptors (Lipinski definition) is 8. The number of nitrogen functional groups attached to an aromatic ring is 1. The Labute approximate surface area is 144 Å².